The van der Waals surface area contributed by atoms with Crippen molar-refractivity contribution in [3.05, 3.63) is 58.3 Å². The van der Waals surface area contributed by atoms with Gasteiger partial charge in [-0.15, -0.1) is 12.4 Å². The van der Waals surface area contributed by atoms with Crippen LogP contribution in [-0.4, -0.2) is 23.5 Å². The van der Waals surface area contributed by atoms with E-state index in [1.165, 1.54) is 17.5 Å². The second-order valence-corrected chi connectivity index (χ2v) is 7.01. The van der Waals surface area contributed by atoms with Gasteiger partial charge in [-0.05, 0) is 68.6 Å². The van der Waals surface area contributed by atoms with Crippen molar-refractivity contribution in [1.29, 1.82) is 0 Å². The van der Waals surface area contributed by atoms with Crippen LogP contribution in [0.5, 0.6) is 0 Å². The highest BCUT2D eigenvalue weighted by Gasteiger charge is 2.19. The molecule has 0 fully saturated rings. The van der Waals surface area contributed by atoms with E-state index in [0.717, 1.165) is 6.54 Å². The molecule has 0 aliphatic rings. The van der Waals surface area contributed by atoms with Crippen molar-refractivity contribution in [3.63, 3.8) is 0 Å². The van der Waals surface area contributed by atoms with Crippen LogP contribution in [0.1, 0.15) is 51.2 Å². The van der Waals surface area contributed by atoms with Crippen LogP contribution in [0.15, 0.2) is 47.2 Å². The third-order valence-electron chi connectivity index (χ3n) is 4.15. The Balaban J connectivity index is 0.00000242. The summed E-state index contributed by atoms with van der Waals surface area (Å²) in [5.41, 5.74) is 2.89. The maximum atomic E-state index is 2.59. The molecule has 2 rings (SSSR count). The molecule has 122 valence electrons. The highest BCUT2D eigenvalue weighted by atomic mass is 35.5. The predicted octanol–water partition coefficient (Wildman–Crippen LogP) is 5.81. The Morgan fingerprint density at radius 1 is 0.909 bits per heavy atom. The van der Waals surface area contributed by atoms with Gasteiger partial charge in [-0.25, -0.2) is 0 Å². The summed E-state index contributed by atoms with van der Waals surface area (Å²) in [7, 11) is 0. The lowest BCUT2D eigenvalue weighted by Gasteiger charge is -2.32. The van der Waals surface area contributed by atoms with E-state index in [2.05, 4.69) is 79.8 Å². The van der Waals surface area contributed by atoms with Crippen molar-refractivity contribution in [2.45, 2.75) is 52.1 Å². The summed E-state index contributed by atoms with van der Waals surface area (Å²) in [6.45, 7) is 10.3. The molecule has 0 bridgehead atoms. The van der Waals surface area contributed by atoms with E-state index in [-0.39, 0.29) is 12.4 Å². The van der Waals surface area contributed by atoms with Crippen LogP contribution in [0, 0.1) is 0 Å². The van der Waals surface area contributed by atoms with E-state index >= 15 is 0 Å². The summed E-state index contributed by atoms with van der Waals surface area (Å²) in [5.74, 6) is 0.512. The van der Waals surface area contributed by atoms with Crippen LogP contribution in [0.4, 0.5) is 0 Å². The zero-order chi connectivity index (χ0) is 15.2. The average Bonchev–Trinajstić information content (AvgIpc) is 2.97. The van der Waals surface area contributed by atoms with Gasteiger partial charge >= 0.3 is 0 Å². The van der Waals surface area contributed by atoms with Gasteiger partial charge in [-0.3, -0.25) is 4.90 Å². The van der Waals surface area contributed by atoms with Gasteiger partial charge in [-0.1, -0.05) is 30.3 Å². The first kappa shape index (κ1) is 19.2. The van der Waals surface area contributed by atoms with Gasteiger partial charge in [0.2, 0.25) is 0 Å². The van der Waals surface area contributed by atoms with Crippen LogP contribution in [0.3, 0.4) is 0 Å². The van der Waals surface area contributed by atoms with Gasteiger partial charge in [-0.2, -0.15) is 11.3 Å². The molecule has 1 nitrogen and oxygen atoms in total. The highest BCUT2D eigenvalue weighted by Crippen LogP contribution is 2.30. The summed E-state index contributed by atoms with van der Waals surface area (Å²) < 4.78 is 0. The molecule has 1 heterocycles. The van der Waals surface area contributed by atoms with Gasteiger partial charge in [0, 0.05) is 18.0 Å². The second kappa shape index (κ2) is 9.34. The number of thiophene rings is 1. The zero-order valence-corrected chi connectivity index (χ0v) is 15.7. The topological polar surface area (TPSA) is 3.24 Å². The molecule has 1 atom stereocenters. The van der Waals surface area contributed by atoms with Crippen molar-refractivity contribution in [2.24, 2.45) is 0 Å². The van der Waals surface area contributed by atoms with E-state index in [1.54, 1.807) is 11.3 Å². The lowest BCUT2D eigenvalue weighted by molar-refractivity contribution is 0.170. The minimum absolute atomic E-state index is 0. The fourth-order valence-electron chi connectivity index (χ4n) is 3.08. The average molecular weight is 338 g/mol. The standard InChI is InChI=1S/C19H27NS.ClH/c1-15(2)20(16(3)4)12-10-19(18-11-13-21-14-18)17-8-6-5-7-9-17;/h5-9,11,13-16,19H,10,12H2,1-4H3;1H. The summed E-state index contributed by atoms with van der Waals surface area (Å²) in [5, 5.41) is 4.49. The van der Waals surface area contributed by atoms with Crippen molar-refractivity contribution >= 4 is 23.7 Å². The number of halogens is 1. The van der Waals surface area contributed by atoms with Crippen molar-refractivity contribution in [2.75, 3.05) is 6.54 Å². The van der Waals surface area contributed by atoms with Crippen molar-refractivity contribution < 1.29 is 0 Å². The molecular formula is C19H28ClNS. The third kappa shape index (κ3) is 5.12. The van der Waals surface area contributed by atoms with E-state index in [0.29, 0.717) is 18.0 Å². The van der Waals surface area contributed by atoms with Gasteiger partial charge in [0.05, 0.1) is 0 Å². The van der Waals surface area contributed by atoms with E-state index in [4.69, 9.17) is 0 Å². The Hall–Kier alpha value is -0.830. The lowest BCUT2D eigenvalue weighted by Crippen LogP contribution is -2.38. The first-order valence-electron chi connectivity index (χ1n) is 7.92. The predicted molar refractivity (Wildman–Crippen MR) is 101 cm³/mol. The molecule has 1 aromatic heterocycles. The molecular weight excluding hydrogens is 310 g/mol. The molecule has 0 N–H and O–H groups in total. The van der Waals surface area contributed by atoms with Crippen LogP contribution in [-0.2, 0) is 0 Å². The molecule has 3 heteroatoms. The van der Waals surface area contributed by atoms with Crippen LogP contribution in [0.2, 0.25) is 0 Å². The van der Waals surface area contributed by atoms with E-state index < -0.39 is 0 Å². The monoisotopic (exact) mass is 337 g/mol. The van der Waals surface area contributed by atoms with E-state index in [1.807, 2.05) is 0 Å². The molecule has 1 aromatic carbocycles. The van der Waals surface area contributed by atoms with Gasteiger partial charge in [0.1, 0.15) is 0 Å². The minimum Gasteiger partial charge on any atom is -0.299 e. The number of rotatable bonds is 7. The summed E-state index contributed by atoms with van der Waals surface area (Å²) in [6.07, 6.45) is 1.18. The van der Waals surface area contributed by atoms with Crippen molar-refractivity contribution in [3.8, 4) is 0 Å². The SMILES string of the molecule is CC(C)N(CCC(c1ccccc1)c1ccsc1)C(C)C.Cl. The minimum atomic E-state index is 0. The van der Waals surface area contributed by atoms with Gasteiger partial charge in [0.25, 0.3) is 0 Å². The van der Waals surface area contributed by atoms with Crippen LogP contribution in [0.25, 0.3) is 0 Å². The lowest BCUT2D eigenvalue weighted by atomic mass is 9.90. The fraction of sp³-hybridized carbons (Fsp3) is 0.474. The molecule has 0 spiro atoms. The maximum absolute atomic E-state index is 2.59. The second-order valence-electron chi connectivity index (χ2n) is 6.23. The Labute approximate surface area is 145 Å². The summed E-state index contributed by atoms with van der Waals surface area (Å²) in [6, 6.07) is 14.4. The smallest absolute Gasteiger partial charge is 0.0110 e. The first-order chi connectivity index (χ1) is 10.1. The van der Waals surface area contributed by atoms with Gasteiger partial charge < -0.3 is 0 Å². The molecule has 0 aliphatic carbocycles. The van der Waals surface area contributed by atoms with Crippen LogP contribution >= 0.6 is 23.7 Å². The Morgan fingerprint density at radius 2 is 1.55 bits per heavy atom. The normalized spacial score (nSPS) is 12.7. The summed E-state index contributed by atoms with van der Waals surface area (Å²) in [4.78, 5) is 2.59. The number of hydrogen-bond acceptors (Lipinski definition) is 2. The number of hydrogen-bond donors (Lipinski definition) is 0. The fourth-order valence-corrected chi connectivity index (χ4v) is 3.79. The van der Waals surface area contributed by atoms with Crippen LogP contribution < -0.4 is 0 Å². The number of nitrogens with zero attached hydrogens (tertiary/aromatic N) is 1. The maximum Gasteiger partial charge on any atom is 0.0110 e. The van der Waals surface area contributed by atoms with Gasteiger partial charge in [0.15, 0.2) is 0 Å². The molecule has 0 amide bonds. The molecule has 2 aromatic rings. The quantitative estimate of drug-likeness (QED) is 0.616. The first-order valence-corrected chi connectivity index (χ1v) is 8.86. The Bertz CT molecular complexity index is 499. The third-order valence-corrected chi connectivity index (χ3v) is 4.85. The van der Waals surface area contributed by atoms with E-state index in [9.17, 15) is 0 Å². The molecule has 22 heavy (non-hydrogen) atoms. The molecule has 1 unspecified atom stereocenters. The molecule has 0 radical (unpaired) electrons. The molecule has 0 saturated carbocycles. The largest absolute Gasteiger partial charge is 0.299 e. The highest BCUT2D eigenvalue weighted by molar-refractivity contribution is 7.08. The van der Waals surface area contributed by atoms with Crippen molar-refractivity contribution in [1.82, 2.24) is 4.90 Å². The Morgan fingerprint density at radius 3 is 2.05 bits per heavy atom. The molecule has 0 aliphatic heterocycles. The zero-order valence-electron chi connectivity index (χ0n) is 14.0. The Kier molecular flexibility index (Phi) is 8.16. The summed E-state index contributed by atoms with van der Waals surface area (Å²) >= 11 is 1.80. The number of benzene rings is 1. The molecule has 0 saturated heterocycles.